The van der Waals surface area contributed by atoms with E-state index >= 15 is 0 Å². The lowest BCUT2D eigenvalue weighted by atomic mass is 10.1. The molecule has 0 spiro atoms. The Hall–Kier alpha value is -1.63. The zero-order chi connectivity index (χ0) is 15.8. The highest BCUT2D eigenvalue weighted by Crippen LogP contribution is 2.07. The number of ether oxygens (including phenoxy) is 3. The molecule has 7 nitrogen and oxygen atoms in total. The van der Waals surface area contributed by atoms with Crippen molar-refractivity contribution in [2.75, 3.05) is 20.3 Å². The van der Waals surface area contributed by atoms with Gasteiger partial charge < -0.3 is 19.5 Å². The zero-order valence-electron chi connectivity index (χ0n) is 12.6. The van der Waals surface area contributed by atoms with E-state index in [1.807, 2.05) is 0 Å². The Balaban J connectivity index is 4.33. The van der Waals surface area contributed by atoms with Crippen molar-refractivity contribution >= 4 is 17.8 Å². The van der Waals surface area contributed by atoms with E-state index in [1.165, 1.54) is 14.0 Å². The van der Waals surface area contributed by atoms with Gasteiger partial charge in [-0.05, 0) is 27.7 Å². The van der Waals surface area contributed by atoms with E-state index in [0.29, 0.717) is 0 Å². The van der Waals surface area contributed by atoms with Crippen molar-refractivity contribution in [3.8, 4) is 0 Å². The van der Waals surface area contributed by atoms with Gasteiger partial charge in [0, 0.05) is 7.11 Å². The summed E-state index contributed by atoms with van der Waals surface area (Å²) >= 11 is 0. The molecule has 0 bridgehead atoms. The fourth-order valence-corrected chi connectivity index (χ4v) is 1.21. The van der Waals surface area contributed by atoms with Crippen molar-refractivity contribution in [1.29, 1.82) is 0 Å². The number of methoxy groups -OCH3 is 1. The summed E-state index contributed by atoms with van der Waals surface area (Å²) < 4.78 is 14.6. The standard InChI is InChI=1S/C13H23NO6/c1-9(15)10(8-11(16)19-7-6-18-5)14-12(17)20-13(2,3)4/h10H,6-8H2,1-5H3,(H,14,17)/t10-/m0/s1. The summed E-state index contributed by atoms with van der Waals surface area (Å²) in [6, 6.07) is -0.958. The van der Waals surface area contributed by atoms with Crippen LogP contribution < -0.4 is 5.32 Å². The summed E-state index contributed by atoms with van der Waals surface area (Å²) in [5.41, 5.74) is -0.676. The number of rotatable bonds is 7. The van der Waals surface area contributed by atoms with Crippen LogP contribution >= 0.6 is 0 Å². The van der Waals surface area contributed by atoms with E-state index in [-0.39, 0.29) is 25.4 Å². The molecule has 0 aliphatic heterocycles. The van der Waals surface area contributed by atoms with Gasteiger partial charge in [0.25, 0.3) is 0 Å². The van der Waals surface area contributed by atoms with Crippen LogP contribution in [0.2, 0.25) is 0 Å². The van der Waals surface area contributed by atoms with Gasteiger partial charge in [-0.1, -0.05) is 0 Å². The molecule has 116 valence electrons. The number of nitrogens with one attached hydrogen (secondary N) is 1. The van der Waals surface area contributed by atoms with E-state index in [4.69, 9.17) is 14.2 Å². The van der Waals surface area contributed by atoms with Gasteiger partial charge in [0.1, 0.15) is 18.2 Å². The molecule has 0 aliphatic carbocycles. The summed E-state index contributed by atoms with van der Waals surface area (Å²) in [6.07, 6.45) is -0.986. The molecular formula is C13H23NO6. The molecule has 0 unspecified atom stereocenters. The third-order valence-electron chi connectivity index (χ3n) is 2.10. The fraction of sp³-hybridized carbons (Fsp3) is 0.769. The maximum Gasteiger partial charge on any atom is 0.408 e. The number of carbonyl (C=O) groups excluding carboxylic acids is 3. The van der Waals surface area contributed by atoms with Gasteiger partial charge in [0.05, 0.1) is 13.0 Å². The minimum Gasteiger partial charge on any atom is -0.463 e. The van der Waals surface area contributed by atoms with Crippen LogP contribution in [-0.2, 0) is 23.8 Å². The second-order valence-electron chi connectivity index (χ2n) is 5.23. The Morgan fingerprint density at radius 3 is 2.20 bits per heavy atom. The minimum absolute atomic E-state index is 0.104. The molecule has 0 aromatic rings. The number of esters is 1. The van der Waals surface area contributed by atoms with E-state index in [9.17, 15) is 14.4 Å². The highest BCUT2D eigenvalue weighted by Gasteiger charge is 2.24. The Morgan fingerprint density at radius 1 is 1.15 bits per heavy atom. The van der Waals surface area contributed by atoms with Gasteiger partial charge in [0.2, 0.25) is 0 Å². The number of carbonyl (C=O) groups is 3. The molecule has 20 heavy (non-hydrogen) atoms. The molecule has 0 saturated carbocycles. The van der Waals surface area contributed by atoms with Crippen LogP contribution in [0.15, 0.2) is 0 Å². The summed E-state index contributed by atoms with van der Waals surface area (Å²) in [7, 11) is 1.48. The van der Waals surface area contributed by atoms with Crippen molar-refractivity contribution in [2.24, 2.45) is 0 Å². The van der Waals surface area contributed by atoms with Crippen LogP contribution in [0.5, 0.6) is 0 Å². The molecular weight excluding hydrogens is 266 g/mol. The monoisotopic (exact) mass is 289 g/mol. The Labute approximate surface area is 118 Å². The average Bonchev–Trinajstić information content (AvgIpc) is 2.25. The van der Waals surface area contributed by atoms with E-state index in [0.717, 1.165) is 0 Å². The lowest BCUT2D eigenvalue weighted by Crippen LogP contribution is -2.44. The number of ketones is 1. The first-order chi connectivity index (χ1) is 9.15. The molecule has 1 N–H and O–H groups in total. The first-order valence-electron chi connectivity index (χ1n) is 6.30. The zero-order valence-corrected chi connectivity index (χ0v) is 12.6. The first-order valence-corrected chi connectivity index (χ1v) is 6.30. The largest absolute Gasteiger partial charge is 0.463 e. The first kappa shape index (κ1) is 18.4. The van der Waals surface area contributed by atoms with Crippen molar-refractivity contribution < 1.29 is 28.6 Å². The number of hydrogen-bond donors (Lipinski definition) is 1. The molecule has 0 heterocycles. The highest BCUT2D eigenvalue weighted by molar-refractivity contribution is 5.89. The van der Waals surface area contributed by atoms with Gasteiger partial charge >= 0.3 is 12.1 Å². The molecule has 7 heteroatoms. The summed E-state index contributed by atoms with van der Waals surface area (Å²) in [5.74, 6) is -0.933. The maximum absolute atomic E-state index is 11.6. The quantitative estimate of drug-likeness (QED) is 0.556. The van der Waals surface area contributed by atoms with Crippen molar-refractivity contribution in [3.63, 3.8) is 0 Å². The molecule has 0 saturated heterocycles. The number of alkyl carbamates (subject to hydrolysis) is 1. The Bertz CT molecular complexity index is 347. The maximum atomic E-state index is 11.6. The van der Waals surface area contributed by atoms with Gasteiger partial charge in [0.15, 0.2) is 5.78 Å². The van der Waals surface area contributed by atoms with Crippen LogP contribution in [0.3, 0.4) is 0 Å². The fourth-order valence-electron chi connectivity index (χ4n) is 1.21. The third kappa shape index (κ3) is 9.32. The number of amides is 1. The summed E-state index contributed by atoms with van der Waals surface area (Å²) in [5, 5.41) is 2.35. The molecule has 0 rings (SSSR count). The van der Waals surface area contributed by atoms with Crippen molar-refractivity contribution in [2.45, 2.75) is 45.8 Å². The third-order valence-corrected chi connectivity index (χ3v) is 2.10. The lowest BCUT2D eigenvalue weighted by Gasteiger charge is -2.22. The molecule has 1 amide bonds. The minimum atomic E-state index is -0.958. The molecule has 0 radical (unpaired) electrons. The molecule has 0 aromatic carbocycles. The SMILES string of the molecule is COCCOC(=O)C[C@H](NC(=O)OC(C)(C)C)C(C)=O. The number of Topliss-reactive ketones (excluding diaryl/α,β-unsaturated/α-hetero) is 1. The Morgan fingerprint density at radius 2 is 1.75 bits per heavy atom. The molecule has 0 aromatic heterocycles. The lowest BCUT2D eigenvalue weighted by molar-refractivity contribution is -0.146. The highest BCUT2D eigenvalue weighted by atomic mass is 16.6. The van der Waals surface area contributed by atoms with Gasteiger partial charge in [-0.2, -0.15) is 0 Å². The smallest absolute Gasteiger partial charge is 0.408 e. The van der Waals surface area contributed by atoms with Crippen molar-refractivity contribution in [1.82, 2.24) is 5.32 Å². The second-order valence-corrected chi connectivity index (χ2v) is 5.23. The van der Waals surface area contributed by atoms with Gasteiger partial charge in [-0.15, -0.1) is 0 Å². The summed E-state index contributed by atoms with van der Waals surface area (Å²) in [6.45, 7) is 6.77. The van der Waals surface area contributed by atoms with E-state index < -0.39 is 23.7 Å². The normalized spacial score (nSPS) is 12.4. The van der Waals surface area contributed by atoms with Crippen LogP contribution in [0.1, 0.15) is 34.1 Å². The Kier molecular flexibility index (Phi) is 7.83. The van der Waals surface area contributed by atoms with Crippen LogP contribution in [0.25, 0.3) is 0 Å². The topological polar surface area (TPSA) is 90.9 Å². The predicted octanol–water partition coefficient (Wildman–Crippen LogP) is 1.05. The number of hydrogen-bond acceptors (Lipinski definition) is 6. The van der Waals surface area contributed by atoms with Crippen LogP contribution in [0.4, 0.5) is 4.79 Å². The predicted molar refractivity (Wildman–Crippen MR) is 71.3 cm³/mol. The molecule has 0 fully saturated rings. The van der Waals surface area contributed by atoms with Crippen molar-refractivity contribution in [3.05, 3.63) is 0 Å². The van der Waals surface area contributed by atoms with Crippen LogP contribution in [-0.4, -0.2) is 49.8 Å². The second kappa shape index (κ2) is 8.52. The molecule has 1 atom stereocenters. The molecule has 0 aliphatic rings. The average molecular weight is 289 g/mol. The van der Waals surface area contributed by atoms with Crippen LogP contribution in [0, 0.1) is 0 Å². The summed E-state index contributed by atoms with van der Waals surface area (Å²) in [4.78, 5) is 34.4. The van der Waals surface area contributed by atoms with E-state index in [2.05, 4.69) is 5.32 Å². The van der Waals surface area contributed by atoms with E-state index in [1.54, 1.807) is 20.8 Å². The van der Waals surface area contributed by atoms with Gasteiger partial charge in [-0.25, -0.2) is 4.79 Å². The van der Waals surface area contributed by atoms with Gasteiger partial charge in [-0.3, -0.25) is 9.59 Å².